The Morgan fingerprint density at radius 2 is 1.44 bits per heavy atom. The molecule has 0 saturated carbocycles. The molecule has 0 aliphatic carbocycles. The lowest BCUT2D eigenvalue weighted by Crippen LogP contribution is -2.20. The number of hydrogen-bond acceptors (Lipinski definition) is 3. The summed E-state index contributed by atoms with van der Waals surface area (Å²) >= 11 is 1.78. The summed E-state index contributed by atoms with van der Waals surface area (Å²) in [7, 11) is 0. The van der Waals surface area contributed by atoms with Gasteiger partial charge in [0.2, 0.25) is 0 Å². The fraction of sp³-hybridized carbons (Fsp3) is 0.867. The van der Waals surface area contributed by atoms with Crippen molar-refractivity contribution in [2.24, 2.45) is 0 Å². The molecule has 0 radical (unpaired) electrons. The van der Waals surface area contributed by atoms with E-state index >= 15 is 0 Å². The summed E-state index contributed by atoms with van der Waals surface area (Å²) in [5.41, 5.74) is 0. The van der Waals surface area contributed by atoms with E-state index in [0.29, 0.717) is 0 Å². The summed E-state index contributed by atoms with van der Waals surface area (Å²) in [5.74, 6) is 1.11. The SMILES string of the molecule is C=C(SCCCC)C(OCCCC)OCCCC. The van der Waals surface area contributed by atoms with Crippen molar-refractivity contribution in [1.29, 1.82) is 0 Å². The normalized spacial score (nSPS) is 11.1. The lowest BCUT2D eigenvalue weighted by atomic mass is 10.3. The van der Waals surface area contributed by atoms with Crippen LogP contribution in [0, 0.1) is 0 Å². The molecule has 2 nitrogen and oxygen atoms in total. The van der Waals surface area contributed by atoms with Gasteiger partial charge in [-0.1, -0.05) is 46.6 Å². The predicted molar refractivity (Wildman–Crippen MR) is 82.0 cm³/mol. The molecule has 0 aliphatic heterocycles. The summed E-state index contributed by atoms with van der Waals surface area (Å²) in [6, 6.07) is 0. The quantitative estimate of drug-likeness (QED) is 0.348. The molecular weight excluding hydrogens is 244 g/mol. The number of thioether (sulfide) groups is 1. The summed E-state index contributed by atoms with van der Waals surface area (Å²) < 4.78 is 11.6. The van der Waals surface area contributed by atoms with Gasteiger partial charge in [0.05, 0.1) is 13.2 Å². The van der Waals surface area contributed by atoms with Crippen LogP contribution in [0.2, 0.25) is 0 Å². The van der Waals surface area contributed by atoms with Gasteiger partial charge in [0, 0.05) is 4.91 Å². The van der Waals surface area contributed by atoms with Crippen LogP contribution in [-0.4, -0.2) is 25.3 Å². The molecule has 108 valence electrons. The Hall–Kier alpha value is 0.01000. The third-order valence-corrected chi connectivity index (χ3v) is 3.64. The molecule has 0 aromatic heterocycles. The Morgan fingerprint density at radius 1 is 0.944 bits per heavy atom. The topological polar surface area (TPSA) is 18.5 Å². The lowest BCUT2D eigenvalue weighted by molar-refractivity contribution is -0.114. The molecule has 0 amide bonds. The first kappa shape index (κ1) is 18.0. The third kappa shape index (κ3) is 9.98. The highest BCUT2D eigenvalue weighted by Crippen LogP contribution is 2.22. The van der Waals surface area contributed by atoms with Crippen molar-refractivity contribution in [3.63, 3.8) is 0 Å². The highest BCUT2D eigenvalue weighted by atomic mass is 32.2. The van der Waals surface area contributed by atoms with Gasteiger partial charge in [-0.25, -0.2) is 0 Å². The lowest BCUT2D eigenvalue weighted by Gasteiger charge is -2.20. The Labute approximate surface area is 118 Å². The summed E-state index contributed by atoms with van der Waals surface area (Å²) in [6.07, 6.45) is 6.69. The summed E-state index contributed by atoms with van der Waals surface area (Å²) in [6.45, 7) is 12.2. The minimum Gasteiger partial charge on any atom is -0.348 e. The maximum absolute atomic E-state index is 5.78. The zero-order valence-electron chi connectivity index (χ0n) is 12.4. The molecule has 0 spiro atoms. The van der Waals surface area contributed by atoms with Crippen LogP contribution in [0.1, 0.15) is 59.3 Å². The highest BCUT2D eigenvalue weighted by molar-refractivity contribution is 8.03. The Morgan fingerprint density at radius 3 is 1.89 bits per heavy atom. The molecule has 0 aromatic rings. The maximum Gasteiger partial charge on any atom is 0.189 e. The van der Waals surface area contributed by atoms with Crippen LogP contribution < -0.4 is 0 Å². The third-order valence-electron chi connectivity index (χ3n) is 2.58. The number of ether oxygens (including phenoxy) is 2. The summed E-state index contributed by atoms with van der Waals surface area (Å²) in [5, 5.41) is 0. The zero-order chi connectivity index (χ0) is 13.6. The van der Waals surface area contributed by atoms with E-state index in [1.807, 2.05) is 0 Å². The molecule has 0 saturated heterocycles. The predicted octanol–water partition coefficient (Wildman–Crippen LogP) is 4.99. The van der Waals surface area contributed by atoms with Crippen molar-refractivity contribution in [1.82, 2.24) is 0 Å². The molecule has 0 rings (SSSR count). The van der Waals surface area contributed by atoms with E-state index in [-0.39, 0.29) is 6.29 Å². The van der Waals surface area contributed by atoms with Crippen molar-refractivity contribution in [2.45, 2.75) is 65.6 Å². The molecule has 3 heteroatoms. The molecule has 0 atom stereocenters. The van der Waals surface area contributed by atoms with Crippen molar-refractivity contribution in [3.8, 4) is 0 Å². The van der Waals surface area contributed by atoms with Crippen LogP contribution in [0.3, 0.4) is 0 Å². The van der Waals surface area contributed by atoms with E-state index in [4.69, 9.17) is 9.47 Å². The number of hydrogen-bond donors (Lipinski definition) is 0. The van der Waals surface area contributed by atoms with E-state index in [1.165, 1.54) is 12.8 Å². The molecule has 0 bridgehead atoms. The van der Waals surface area contributed by atoms with E-state index in [1.54, 1.807) is 11.8 Å². The van der Waals surface area contributed by atoms with Crippen LogP contribution in [0.5, 0.6) is 0 Å². The fourth-order valence-corrected chi connectivity index (χ4v) is 2.29. The maximum atomic E-state index is 5.78. The second-order valence-corrected chi connectivity index (χ2v) is 5.67. The Kier molecular flexibility index (Phi) is 13.4. The van der Waals surface area contributed by atoms with E-state index in [9.17, 15) is 0 Å². The van der Waals surface area contributed by atoms with Gasteiger partial charge in [-0.15, -0.1) is 11.8 Å². The molecule has 18 heavy (non-hydrogen) atoms. The van der Waals surface area contributed by atoms with Crippen LogP contribution >= 0.6 is 11.8 Å². The van der Waals surface area contributed by atoms with Gasteiger partial charge in [-0.05, 0) is 25.0 Å². The Balaban J connectivity index is 3.95. The second-order valence-electron chi connectivity index (χ2n) is 4.45. The molecule has 0 fully saturated rings. The molecule has 0 unspecified atom stereocenters. The number of unbranched alkanes of at least 4 members (excludes halogenated alkanes) is 3. The summed E-state index contributed by atoms with van der Waals surface area (Å²) in [4.78, 5) is 1.02. The van der Waals surface area contributed by atoms with Crippen molar-refractivity contribution in [2.75, 3.05) is 19.0 Å². The first-order valence-corrected chi connectivity index (χ1v) is 8.29. The van der Waals surface area contributed by atoms with Gasteiger partial charge in [-0.3, -0.25) is 0 Å². The Bertz CT molecular complexity index is 185. The molecule has 0 aromatic carbocycles. The van der Waals surface area contributed by atoms with Crippen LogP contribution in [0.4, 0.5) is 0 Å². The zero-order valence-corrected chi connectivity index (χ0v) is 13.2. The van der Waals surface area contributed by atoms with E-state index in [0.717, 1.165) is 49.6 Å². The average Bonchev–Trinajstić information content (AvgIpc) is 2.37. The minimum absolute atomic E-state index is 0.218. The van der Waals surface area contributed by atoms with Crippen molar-refractivity contribution in [3.05, 3.63) is 11.5 Å². The van der Waals surface area contributed by atoms with Gasteiger partial charge in [0.15, 0.2) is 6.29 Å². The van der Waals surface area contributed by atoms with Crippen LogP contribution in [0.15, 0.2) is 11.5 Å². The van der Waals surface area contributed by atoms with Gasteiger partial charge in [0.25, 0.3) is 0 Å². The smallest absolute Gasteiger partial charge is 0.189 e. The van der Waals surface area contributed by atoms with E-state index in [2.05, 4.69) is 27.4 Å². The monoisotopic (exact) mass is 274 g/mol. The van der Waals surface area contributed by atoms with Gasteiger partial charge in [-0.2, -0.15) is 0 Å². The van der Waals surface area contributed by atoms with Crippen molar-refractivity contribution >= 4 is 11.8 Å². The molecular formula is C15H30O2S. The number of rotatable bonds is 13. The first-order valence-electron chi connectivity index (χ1n) is 7.31. The van der Waals surface area contributed by atoms with Gasteiger partial charge >= 0.3 is 0 Å². The molecule has 0 N–H and O–H groups in total. The fourth-order valence-electron chi connectivity index (χ4n) is 1.32. The van der Waals surface area contributed by atoms with E-state index < -0.39 is 0 Å². The largest absolute Gasteiger partial charge is 0.348 e. The standard InChI is InChI=1S/C15H30O2S/c1-5-8-11-16-15(17-12-9-6-2)14(4)18-13-10-7-3/h15H,4-13H2,1-3H3. The first-order chi connectivity index (χ1) is 8.76. The molecule has 0 heterocycles. The second kappa shape index (κ2) is 13.4. The van der Waals surface area contributed by atoms with Crippen LogP contribution in [-0.2, 0) is 9.47 Å². The van der Waals surface area contributed by atoms with Gasteiger partial charge in [0.1, 0.15) is 0 Å². The highest BCUT2D eigenvalue weighted by Gasteiger charge is 2.13. The minimum atomic E-state index is -0.218. The molecule has 0 aliphatic rings. The van der Waals surface area contributed by atoms with Crippen LogP contribution in [0.25, 0.3) is 0 Å². The van der Waals surface area contributed by atoms with Gasteiger partial charge < -0.3 is 9.47 Å². The van der Waals surface area contributed by atoms with Crippen molar-refractivity contribution < 1.29 is 9.47 Å². The average molecular weight is 274 g/mol.